The van der Waals surface area contributed by atoms with Crippen LogP contribution in [0, 0.1) is 0 Å². The zero-order chi connectivity index (χ0) is 9.19. The summed E-state index contributed by atoms with van der Waals surface area (Å²) in [7, 11) is 0. The number of allylic oxidation sites excluding steroid dienone is 2. The highest BCUT2D eigenvalue weighted by molar-refractivity contribution is 5.09. The van der Waals surface area contributed by atoms with Gasteiger partial charge in [0.25, 0.3) is 0 Å². The second-order valence-corrected chi connectivity index (χ2v) is 4.09. The maximum atomic E-state index is 13.9. The highest BCUT2D eigenvalue weighted by Gasteiger charge is 2.31. The van der Waals surface area contributed by atoms with E-state index in [2.05, 4.69) is 0 Å². The van der Waals surface area contributed by atoms with Crippen LogP contribution in [-0.2, 0) is 0 Å². The van der Waals surface area contributed by atoms with Crippen molar-refractivity contribution in [2.24, 2.45) is 5.73 Å². The number of hydrogen-bond acceptors (Lipinski definition) is 1. The zero-order valence-corrected chi connectivity index (χ0v) is 7.94. The summed E-state index contributed by atoms with van der Waals surface area (Å²) in [5.41, 5.74) is 5.70. The summed E-state index contributed by atoms with van der Waals surface area (Å²) >= 11 is 0. The van der Waals surface area contributed by atoms with Gasteiger partial charge < -0.3 is 5.73 Å². The van der Waals surface area contributed by atoms with Gasteiger partial charge in [-0.3, -0.25) is 0 Å². The number of halogens is 1. The fraction of sp³-hybridized carbons (Fsp3) is 0.800. The van der Waals surface area contributed by atoms with Crippen LogP contribution in [-0.4, -0.2) is 11.7 Å². The van der Waals surface area contributed by atoms with Gasteiger partial charge in [0.15, 0.2) is 0 Å². The minimum Gasteiger partial charge on any atom is -0.328 e. The van der Waals surface area contributed by atoms with Crippen LogP contribution < -0.4 is 5.73 Å². The average Bonchev–Trinajstić information content (AvgIpc) is 1.94. The Hall–Kier alpha value is -0.370. The molecule has 0 atom stereocenters. The van der Waals surface area contributed by atoms with Crippen molar-refractivity contribution in [2.45, 2.75) is 51.2 Å². The van der Waals surface area contributed by atoms with E-state index in [9.17, 15) is 4.39 Å². The number of hydrogen-bond donors (Lipinski definition) is 1. The molecule has 0 radical (unpaired) electrons. The predicted octanol–water partition coefficient (Wildman–Crippen LogP) is 2.56. The van der Waals surface area contributed by atoms with Gasteiger partial charge in [-0.15, -0.1) is 0 Å². The zero-order valence-electron chi connectivity index (χ0n) is 7.94. The Labute approximate surface area is 73.8 Å². The summed E-state index contributed by atoms with van der Waals surface area (Å²) in [4.78, 5) is 0. The first-order valence-electron chi connectivity index (χ1n) is 4.62. The highest BCUT2D eigenvalue weighted by Crippen LogP contribution is 2.33. The molecule has 12 heavy (non-hydrogen) atoms. The molecule has 0 saturated heterocycles. The molecule has 1 aliphatic carbocycles. The van der Waals surface area contributed by atoms with Gasteiger partial charge in [0, 0.05) is 6.04 Å². The Morgan fingerprint density at radius 3 is 2.33 bits per heavy atom. The third kappa shape index (κ3) is 2.59. The molecule has 1 aliphatic rings. The van der Waals surface area contributed by atoms with E-state index in [4.69, 9.17) is 5.73 Å². The van der Waals surface area contributed by atoms with Crippen molar-refractivity contribution in [3.63, 3.8) is 0 Å². The van der Waals surface area contributed by atoms with Crippen LogP contribution in [0.3, 0.4) is 0 Å². The first-order chi connectivity index (χ1) is 5.52. The fourth-order valence-electron chi connectivity index (χ4n) is 1.78. The average molecular weight is 171 g/mol. The van der Waals surface area contributed by atoms with Crippen molar-refractivity contribution in [3.8, 4) is 0 Å². The Morgan fingerprint density at radius 1 is 1.42 bits per heavy atom. The molecular formula is C10H18FN. The molecule has 1 rings (SSSR count). The Morgan fingerprint density at radius 2 is 1.92 bits per heavy atom. The molecule has 1 saturated carbocycles. The quantitative estimate of drug-likeness (QED) is 0.603. The summed E-state index contributed by atoms with van der Waals surface area (Å²) in [6, 6.07) is 0.222. The van der Waals surface area contributed by atoms with E-state index in [1.165, 1.54) is 0 Å². The lowest BCUT2D eigenvalue weighted by atomic mass is 9.83. The van der Waals surface area contributed by atoms with Crippen molar-refractivity contribution < 1.29 is 4.39 Å². The first-order valence-corrected chi connectivity index (χ1v) is 4.62. The van der Waals surface area contributed by atoms with Gasteiger partial charge in [0.05, 0.1) is 0 Å². The van der Waals surface area contributed by atoms with Gasteiger partial charge in [-0.05, 0) is 45.6 Å². The molecular weight excluding hydrogens is 153 g/mol. The lowest BCUT2D eigenvalue weighted by Gasteiger charge is -2.30. The monoisotopic (exact) mass is 171 g/mol. The topological polar surface area (TPSA) is 26.0 Å². The van der Waals surface area contributed by atoms with Crippen molar-refractivity contribution in [1.82, 2.24) is 0 Å². The fourth-order valence-corrected chi connectivity index (χ4v) is 1.78. The van der Waals surface area contributed by atoms with E-state index in [1.807, 2.05) is 13.8 Å². The molecule has 0 spiro atoms. The van der Waals surface area contributed by atoms with Crippen LogP contribution in [0.1, 0.15) is 39.5 Å². The molecule has 0 bridgehead atoms. The lowest BCUT2D eigenvalue weighted by Crippen LogP contribution is -2.34. The second kappa shape index (κ2) is 3.56. The van der Waals surface area contributed by atoms with Gasteiger partial charge in [-0.25, -0.2) is 4.39 Å². The molecule has 1 nitrogen and oxygen atoms in total. The summed E-state index contributed by atoms with van der Waals surface area (Å²) in [5, 5.41) is 0. The molecule has 0 amide bonds. The van der Waals surface area contributed by atoms with Crippen molar-refractivity contribution >= 4 is 0 Å². The van der Waals surface area contributed by atoms with Crippen LogP contribution in [0.4, 0.5) is 4.39 Å². The maximum Gasteiger partial charge on any atom is 0.129 e. The van der Waals surface area contributed by atoms with E-state index in [-0.39, 0.29) is 6.04 Å². The van der Waals surface area contributed by atoms with Gasteiger partial charge in [-0.1, -0.05) is 5.57 Å². The molecule has 2 heteroatoms. The Balaban J connectivity index is 2.56. The van der Waals surface area contributed by atoms with Crippen molar-refractivity contribution in [1.29, 1.82) is 0 Å². The largest absolute Gasteiger partial charge is 0.328 e. The first kappa shape index (κ1) is 9.72. The van der Waals surface area contributed by atoms with E-state index in [1.54, 1.807) is 6.08 Å². The molecule has 0 aromatic carbocycles. The van der Waals surface area contributed by atoms with E-state index < -0.39 is 5.67 Å². The molecule has 0 aromatic rings. The maximum absolute atomic E-state index is 13.9. The second-order valence-electron chi connectivity index (χ2n) is 4.09. The molecule has 0 unspecified atom stereocenters. The van der Waals surface area contributed by atoms with Crippen molar-refractivity contribution in [2.75, 3.05) is 0 Å². The van der Waals surface area contributed by atoms with Gasteiger partial charge in [-0.2, -0.15) is 0 Å². The van der Waals surface area contributed by atoms with Crippen LogP contribution in [0.5, 0.6) is 0 Å². The van der Waals surface area contributed by atoms with Crippen LogP contribution >= 0.6 is 0 Å². The standard InChI is InChI=1S/C10H18FN/c1-8(2)7-10(11)5-3-9(12)4-6-10/h7,9H,3-6,12H2,1-2H3. The molecule has 0 heterocycles. The third-order valence-corrected chi connectivity index (χ3v) is 2.41. The predicted molar refractivity (Wildman–Crippen MR) is 49.7 cm³/mol. The summed E-state index contributed by atoms with van der Waals surface area (Å²) in [6.45, 7) is 3.88. The molecule has 2 N–H and O–H groups in total. The van der Waals surface area contributed by atoms with E-state index >= 15 is 0 Å². The number of rotatable bonds is 1. The minimum absolute atomic E-state index is 0.222. The summed E-state index contributed by atoms with van der Waals surface area (Å²) in [6.07, 6.45) is 4.58. The number of nitrogens with two attached hydrogens (primary N) is 1. The van der Waals surface area contributed by atoms with Gasteiger partial charge >= 0.3 is 0 Å². The van der Waals surface area contributed by atoms with Gasteiger partial charge in [0.2, 0.25) is 0 Å². The highest BCUT2D eigenvalue weighted by atomic mass is 19.1. The molecule has 70 valence electrons. The number of alkyl halides is 1. The SMILES string of the molecule is CC(C)=CC1(F)CCC(N)CC1. The van der Waals surface area contributed by atoms with Crippen LogP contribution in [0.25, 0.3) is 0 Å². The lowest BCUT2D eigenvalue weighted by molar-refractivity contribution is 0.152. The Bertz CT molecular complexity index is 174. The van der Waals surface area contributed by atoms with Crippen LogP contribution in [0.15, 0.2) is 11.6 Å². The smallest absolute Gasteiger partial charge is 0.129 e. The molecule has 0 aliphatic heterocycles. The van der Waals surface area contributed by atoms with Crippen LogP contribution in [0.2, 0.25) is 0 Å². The summed E-state index contributed by atoms with van der Waals surface area (Å²) < 4.78 is 13.9. The minimum atomic E-state index is -1.06. The van der Waals surface area contributed by atoms with E-state index in [0.717, 1.165) is 18.4 Å². The van der Waals surface area contributed by atoms with Crippen molar-refractivity contribution in [3.05, 3.63) is 11.6 Å². The Kier molecular flexibility index (Phi) is 2.89. The third-order valence-electron chi connectivity index (χ3n) is 2.41. The summed E-state index contributed by atoms with van der Waals surface area (Å²) in [5.74, 6) is 0. The van der Waals surface area contributed by atoms with E-state index in [0.29, 0.717) is 12.8 Å². The molecule has 0 aromatic heterocycles. The molecule has 1 fully saturated rings. The van der Waals surface area contributed by atoms with Gasteiger partial charge in [0.1, 0.15) is 5.67 Å². The normalized spacial score (nSPS) is 36.2.